The van der Waals surface area contributed by atoms with Crippen molar-refractivity contribution in [3.05, 3.63) is 98.6 Å². The number of carbonyl (C=O) groups is 2. The largest absolute Gasteiger partial charge is 0.478 e. The van der Waals surface area contributed by atoms with E-state index in [-0.39, 0.29) is 11.5 Å². The summed E-state index contributed by atoms with van der Waals surface area (Å²) >= 11 is 2.27. The molecular weight excluding hydrogens is 467 g/mol. The van der Waals surface area contributed by atoms with Crippen molar-refractivity contribution in [1.82, 2.24) is 5.43 Å². The Morgan fingerprint density at radius 2 is 1.61 bits per heavy atom. The molecule has 2 N–H and O–H groups in total. The number of hydrogen-bond acceptors (Lipinski definition) is 3. The van der Waals surface area contributed by atoms with E-state index in [9.17, 15) is 9.59 Å². The number of carboxylic acid groups (broad SMARTS) is 1. The molecule has 0 unspecified atom stereocenters. The van der Waals surface area contributed by atoms with Gasteiger partial charge in [-0.05, 0) is 82.6 Å². The van der Waals surface area contributed by atoms with Crippen LogP contribution in [0.25, 0.3) is 0 Å². The van der Waals surface area contributed by atoms with E-state index in [2.05, 4.69) is 40.1 Å². The molecule has 0 spiro atoms. The van der Waals surface area contributed by atoms with Crippen LogP contribution in [0.1, 0.15) is 31.8 Å². The zero-order chi connectivity index (χ0) is 20.1. The first-order chi connectivity index (χ1) is 13.4. The van der Waals surface area contributed by atoms with E-state index in [0.717, 1.165) is 11.1 Å². The molecule has 0 atom stereocenters. The highest BCUT2D eigenvalue weighted by atomic mass is 127. The number of benzene rings is 3. The minimum absolute atomic E-state index is 0.200. The summed E-state index contributed by atoms with van der Waals surface area (Å²) in [5.41, 5.74) is 6.42. The number of rotatable bonds is 6. The maximum absolute atomic E-state index is 12.8. The molecule has 0 aromatic heterocycles. The van der Waals surface area contributed by atoms with Crippen molar-refractivity contribution in [2.45, 2.75) is 6.42 Å². The number of halogens is 1. The summed E-state index contributed by atoms with van der Waals surface area (Å²) in [6.45, 7) is 0. The molecule has 6 heteroatoms. The molecule has 5 nitrogen and oxygen atoms in total. The molecule has 0 fully saturated rings. The first-order valence-electron chi connectivity index (χ1n) is 8.64. The third-order valence-corrected chi connectivity index (χ3v) is 5.06. The minimum Gasteiger partial charge on any atom is -0.478 e. The van der Waals surface area contributed by atoms with E-state index >= 15 is 0 Å². The van der Waals surface area contributed by atoms with Gasteiger partial charge < -0.3 is 5.11 Å². The van der Waals surface area contributed by atoms with Crippen LogP contribution in [0.4, 0.5) is 5.69 Å². The van der Waals surface area contributed by atoms with Crippen molar-refractivity contribution < 1.29 is 14.7 Å². The monoisotopic (exact) mass is 486 g/mol. The number of amides is 1. The predicted octanol–water partition coefficient (Wildman–Crippen LogP) is 4.36. The highest BCUT2D eigenvalue weighted by molar-refractivity contribution is 14.1. The summed E-state index contributed by atoms with van der Waals surface area (Å²) in [6.07, 6.45) is 0.664. The van der Waals surface area contributed by atoms with E-state index in [1.807, 2.05) is 30.3 Å². The molecule has 0 saturated carbocycles. The van der Waals surface area contributed by atoms with E-state index in [0.29, 0.717) is 17.7 Å². The molecule has 0 heterocycles. The van der Waals surface area contributed by atoms with Gasteiger partial charge in [0, 0.05) is 16.2 Å². The van der Waals surface area contributed by atoms with E-state index in [1.165, 1.54) is 15.7 Å². The Labute approximate surface area is 177 Å². The maximum atomic E-state index is 12.8. The van der Waals surface area contributed by atoms with Gasteiger partial charge in [0.2, 0.25) is 0 Å². The van der Waals surface area contributed by atoms with Crippen molar-refractivity contribution >= 4 is 40.2 Å². The molecular formula is C22H19IN2O3. The molecule has 3 aromatic rings. The lowest BCUT2D eigenvalue weighted by Crippen LogP contribution is -2.39. The zero-order valence-corrected chi connectivity index (χ0v) is 17.4. The fourth-order valence-electron chi connectivity index (χ4n) is 2.82. The Kier molecular flexibility index (Phi) is 6.30. The Hall–Kier alpha value is -2.87. The molecule has 3 aromatic carbocycles. The first kappa shape index (κ1) is 19.9. The van der Waals surface area contributed by atoms with Crippen molar-refractivity contribution in [2.24, 2.45) is 0 Å². The van der Waals surface area contributed by atoms with Gasteiger partial charge in [-0.1, -0.05) is 30.3 Å². The molecule has 0 bridgehead atoms. The van der Waals surface area contributed by atoms with E-state index in [1.54, 1.807) is 30.3 Å². The molecule has 0 saturated heterocycles. The fourth-order valence-corrected chi connectivity index (χ4v) is 3.18. The molecule has 142 valence electrons. The van der Waals surface area contributed by atoms with Crippen LogP contribution >= 0.6 is 22.6 Å². The van der Waals surface area contributed by atoms with Gasteiger partial charge in [0.25, 0.3) is 5.91 Å². The van der Waals surface area contributed by atoms with Crippen LogP contribution in [-0.4, -0.2) is 24.0 Å². The maximum Gasteiger partial charge on any atom is 0.335 e. The summed E-state index contributed by atoms with van der Waals surface area (Å²) in [5.74, 6) is -1.20. The van der Waals surface area contributed by atoms with Gasteiger partial charge in [-0.2, -0.15) is 0 Å². The molecule has 0 aliphatic heterocycles. The topological polar surface area (TPSA) is 69.6 Å². The van der Waals surface area contributed by atoms with Crippen LogP contribution in [0.15, 0.2) is 72.8 Å². The minimum atomic E-state index is -0.984. The van der Waals surface area contributed by atoms with Crippen LogP contribution in [0.5, 0.6) is 0 Å². The molecule has 0 aliphatic carbocycles. The van der Waals surface area contributed by atoms with E-state index < -0.39 is 5.97 Å². The number of carboxylic acids is 1. The second-order valence-electron chi connectivity index (χ2n) is 6.31. The smallest absolute Gasteiger partial charge is 0.335 e. The lowest BCUT2D eigenvalue weighted by atomic mass is 9.99. The SMILES string of the molecule is CN(NC(=O)c1ccccc1Cc1ccc(I)cc1)c1ccc(C(=O)O)cc1. The van der Waals surface area contributed by atoms with Crippen molar-refractivity contribution in [2.75, 3.05) is 12.1 Å². The normalized spacial score (nSPS) is 10.4. The van der Waals surface area contributed by atoms with Gasteiger partial charge >= 0.3 is 5.97 Å². The van der Waals surface area contributed by atoms with Gasteiger partial charge in [-0.25, -0.2) is 4.79 Å². The number of carbonyl (C=O) groups excluding carboxylic acids is 1. The van der Waals surface area contributed by atoms with Crippen LogP contribution in [0.2, 0.25) is 0 Å². The van der Waals surface area contributed by atoms with Gasteiger partial charge in [0.15, 0.2) is 0 Å². The van der Waals surface area contributed by atoms with Crippen molar-refractivity contribution in [3.8, 4) is 0 Å². The molecule has 0 radical (unpaired) electrons. The number of hydrogen-bond donors (Lipinski definition) is 2. The predicted molar refractivity (Wildman–Crippen MR) is 118 cm³/mol. The lowest BCUT2D eigenvalue weighted by Gasteiger charge is -2.21. The van der Waals surface area contributed by atoms with E-state index in [4.69, 9.17) is 5.11 Å². The third-order valence-electron chi connectivity index (χ3n) is 4.34. The zero-order valence-electron chi connectivity index (χ0n) is 15.2. The van der Waals surface area contributed by atoms with Crippen LogP contribution in [0, 0.1) is 3.57 Å². The first-order valence-corrected chi connectivity index (χ1v) is 9.72. The van der Waals surface area contributed by atoms with Crippen LogP contribution in [0.3, 0.4) is 0 Å². The van der Waals surface area contributed by atoms with Gasteiger partial charge in [-0.15, -0.1) is 0 Å². The molecule has 1 amide bonds. The van der Waals surface area contributed by atoms with Crippen molar-refractivity contribution in [1.29, 1.82) is 0 Å². The van der Waals surface area contributed by atoms with Crippen LogP contribution in [-0.2, 0) is 6.42 Å². The number of aromatic carboxylic acids is 1. The standard InChI is InChI=1S/C22H19IN2O3/c1-25(19-12-8-16(9-13-19)22(27)28)24-21(26)20-5-3-2-4-17(20)14-15-6-10-18(23)11-7-15/h2-13H,14H2,1H3,(H,24,26)(H,27,28). The third kappa shape index (κ3) is 4.89. The summed E-state index contributed by atoms with van der Waals surface area (Å²) in [4.78, 5) is 23.8. The second kappa shape index (κ2) is 8.88. The quantitative estimate of drug-likeness (QED) is 0.402. The molecule has 28 heavy (non-hydrogen) atoms. The Balaban J connectivity index is 1.75. The Morgan fingerprint density at radius 3 is 2.25 bits per heavy atom. The highest BCUT2D eigenvalue weighted by Gasteiger charge is 2.14. The summed E-state index contributed by atoms with van der Waals surface area (Å²) < 4.78 is 1.17. The second-order valence-corrected chi connectivity index (χ2v) is 7.56. The number of nitrogens with zero attached hydrogens (tertiary/aromatic N) is 1. The number of nitrogens with one attached hydrogen (secondary N) is 1. The summed E-state index contributed by atoms with van der Waals surface area (Å²) in [7, 11) is 1.72. The van der Waals surface area contributed by atoms with Crippen LogP contribution < -0.4 is 10.4 Å². The Morgan fingerprint density at radius 1 is 0.964 bits per heavy atom. The summed E-state index contributed by atoms with van der Waals surface area (Å²) in [6, 6.07) is 22.1. The average Bonchev–Trinajstić information content (AvgIpc) is 2.70. The number of anilines is 1. The number of hydrazine groups is 1. The highest BCUT2D eigenvalue weighted by Crippen LogP contribution is 2.17. The molecule has 0 aliphatic rings. The fraction of sp³-hybridized carbons (Fsp3) is 0.0909. The average molecular weight is 486 g/mol. The van der Waals surface area contributed by atoms with Gasteiger partial charge in [-0.3, -0.25) is 15.2 Å². The lowest BCUT2D eigenvalue weighted by molar-refractivity contribution is 0.0696. The Bertz CT molecular complexity index is 985. The van der Waals surface area contributed by atoms with Crippen molar-refractivity contribution in [3.63, 3.8) is 0 Å². The van der Waals surface area contributed by atoms with Gasteiger partial charge in [0.05, 0.1) is 11.3 Å². The molecule has 3 rings (SSSR count). The van der Waals surface area contributed by atoms with Gasteiger partial charge in [0.1, 0.15) is 0 Å². The summed E-state index contributed by atoms with van der Waals surface area (Å²) in [5, 5.41) is 10.6.